The number of methoxy groups -OCH3 is 1. The Balaban J connectivity index is 0.00000364. The molecule has 0 saturated carbocycles. The van der Waals surface area contributed by atoms with E-state index in [2.05, 4.69) is 34.6 Å². The molecule has 0 aliphatic heterocycles. The SMILES string of the molecule is CCC(CC)c1cc(CN=C(NCCOC)NCCc2ccco2)on1.I. The number of aliphatic imine (C=N–C) groups is 1. The fourth-order valence-corrected chi connectivity index (χ4v) is 2.66. The Morgan fingerprint density at radius 2 is 2.00 bits per heavy atom. The number of rotatable bonds is 11. The lowest BCUT2D eigenvalue weighted by Crippen LogP contribution is -2.40. The first-order valence-corrected chi connectivity index (χ1v) is 9.25. The van der Waals surface area contributed by atoms with E-state index in [4.69, 9.17) is 13.7 Å². The molecule has 0 aromatic carbocycles. The number of ether oxygens (including phenoxy) is 1. The number of aromatic nitrogens is 1. The van der Waals surface area contributed by atoms with Crippen LogP contribution in [0.25, 0.3) is 0 Å². The summed E-state index contributed by atoms with van der Waals surface area (Å²) in [6, 6.07) is 5.87. The van der Waals surface area contributed by atoms with Gasteiger partial charge in [0.05, 0.1) is 18.6 Å². The summed E-state index contributed by atoms with van der Waals surface area (Å²) in [5, 5.41) is 10.7. The fourth-order valence-electron chi connectivity index (χ4n) is 2.66. The van der Waals surface area contributed by atoms with Crippen LogP contribution < -0.4 is 10.6 Å². The normalized spacial score (nSPS) is 11.5. The zero-order valence-corrected chi connectivity index (χ0v) is 18.7. The minimum atomic E-state index is 0. The molecule has 152 valence electrons. The van der Waals surface area contributed by atoms with Gasteiger partial charge in [0.25, 0.3) is 0 Å². The Bertz CT molecular complexity index is 639. The second-order valence-corrected chi connectivity index (χ2v) is 6.07. The van der Waals surface area contributed by atoms with Crippen molar-refractivity contribution in [2.24, 2.45) is 4.99 Å². The maximum Gasteiger partial charge on any atom is 0.191 e. The zero-order valence-electron chi connectivity index (χ0n) is 16.4. The Morgan fingerprint density at radius 1 is 1.22 bits per heavy atom. The van der Waals surface area contributed by atoms with E-state index in [1.807, 2.05) is 18.2 Å². The van der Waals surface area contributed by atoms with Crippen molar-refractivity contribution in [2.45, 2.75) is 45.6 Å². The third-order valence-corrected chi connectivity index (χ3v) is 4.22. The molecule has 0 spiro atoms. The summed E-state index contributed by atoms with van der Waals surface area (Å²) in [6.45, 7) is 6.79. The van der Waals surface area contributed by atoms with Gasteiger partial charge in [0.15, 0.2) is 11.7 Å². The minimum absolute atomic E-state index is 0. The van der Waals surface area contributed by atoms with Crippen LogP contribution in [0, 0.1) is 0 Å². The Kier molecular flexibility index (Phi) is 11.8. The van der Waals surface area contributed by atoms with Gasteiger partial charge in [-0.2, -0.15) is 0 Å². The van der Waals surface area contributed by atoms with Gasteiger partial charge >= 0.3 is 0 Å². The van der Waals surface area contributed by atoms with Crippen molar-refractivity contribution in [1.82, 2.24) is 15.8 Å². The molecule has 8 heteroatoms. The highest BCUT2D eigenvalue weighted by atomic mass is 127. The van der Waals surface area contributed by atoms with E-state index in [0.717, 1.165) is 43.0 Å². The Hall–Kier alpha value is -1.55. The van der Waals surface area contributed by atoms with Crippen LogP contribution in [0.4, 0.5) is 0 Å². The van der Waals surface area contributed by atoms with Gasteiger partial charge in [-0.05, 0) is 25.0 Å². The van der Waals surface area contributed by atoms with Crippen molar-refractivity contribution >= 4 is 29.9 Å². The summed E-state index contributed by atoms with van der Waals surface area (Å²) in [6.07, 6.45) is 4.59. The van der Waals surface area contributed by atoms with E-state index in [0.29, 0.717) is 31.6 Å². The molecule has 2 N–H and O–H groups in total. The zero-order chi connectivity index (χ0) is 18.6. The maximum absolute atomic E-state index is 5.44. The van der Waals surface area contributed by atoms with Crippen molar-refractivity contribution in [3.8, 4) is 0 Å². The molecule has 0 radical (unpaired) electrons. The first-order valence-electron chi connectivity index (χ1n) is 9.25. The summed E-state index contributed by atoms with van der Waals surface area (Å²) in [5.74, 6) is 2.88. The molecule has 2 rings (SSSR count). The maximum atomic E-state index is 5.44. The van der Waals surface area contributed by atoms with Gasteiger partial charge in [-0.25, -0.2) is 4.99 Å². The van der Waals surface area contributed by atoms with Crippen molar-refractivity contribution in [2.75, 3.05) is 26.8 Å². The van der Waals surface area contributed by atoms with E-state index in [-0.39, 0.29) is 24.0 Å². The lowest BCUT2D eigenvalue weighted by atomic mass is 9.99. The van der Waals surface area contributed by atoms with E-state index in [1.165, 1.54) is 0 Å². The van der Waals surface area contributed by atoms with Crippen LogP contribution in [0.3, 0.4) is 0 Å². The smallest absolute Gasteiger partial charge is 0.191 e. The molecule has 2 aromatic rings. The first-order chi connectivity index (χ1) is 12.8. The monoisotopic (exact) mass is 490 g/mol. The van der Waals surface area contributed by atoms with Crippen LogP contribution in [0.5, 0.6) is 0 Å². The first kappa shape index (κ1) is 23.5. The van der Waals surface area contributed by atoms with Crippen molar-refractivity contribution < 1.29 is 13.7 Å². The topological polar surface area (TPSA) is 84.8 Å². The van der Waals surface area contributed by atoms with Crippen molar-refractivity contribution in [1.29, 1.82) is 0 Å². The summed E-state index contributed by atoms with van der Waals surface area (Å²) in [5.41, 5.74) is 1.01. The molecule has 0 unspecified atom stereocenters. The predicted octanol–water partition coefficient (Wildman–Crippen LogP) is 3.71. The number of nitrogens with zero attached hydrogens (tertiary/aromatic N) is 2. The lowest BCUT2D eigenvalue weighted by molar-refractivity contribution is 0.203. The molecule has 2 heterocycles. The van der Waals surface area contributed by atoms with Gasteiger partial charge in [0, 0.05) is 38.6 Å². The summed E-state index contributed by atoms with van der Waals surface area (Å²) in [7, 11) is 1.68. The van der Waals surface area contributed by atoms with Crippen LogP contribution in [0.2, 0.25) is 0 Å². The van der Waals surface area contributed by atoms with Gasteiger partial charge in [-0.3, -0.25) is 0 Å². The second kappa shape index (κ2) is 13.6. The molecule has 0 fully saturated rings. The van der Waals surface area contributed by atoms with Crippen molar-refractivity contribution in [3.63, 3.8) is 0 Å². The summed E-state index contributed by atoms with van der Waals surface area (Å²) >= 11 is 0. The molecule has 0 aliphatic rings. The average molecular weight is 490 g/mol. The minimum Gasteiger partial charge on any atom is -0.469 e. The van der Waals surface area contributed by atoms with E-state index < -0.39 is 0 Å². The molecule has 7 nitrogen and oxygen atoms in total. The Morgan fingerprint density at radius 3 is 2.67 bits per heavy atom. The second-order valence-electron chi connectivity index (χ2n) is 6.07. The standard InChI is InChI=1S/C19H30N4O3.HI/c1-4-15(5-2)18-13-17(26-23-18)14-22-19(21-10-12-24-3)20-9-8-16-7-6-11-25-16;/h6-7,11,13,15H,4-5,8-10,12,14H2,1-3H3,(H2,20,21,22);1H. The molecule has 2 aromatic heterocycles. The Labute approximate surface area is 178 Å². The molecule has 0 saturated heterocycles. The molecule has 0 amide bonds. The summed E-state index contributed by atoms with van der Waals surface area (Å²) in [4.78, 5) is 4.58. The van der Waals surface area contributed by atoms with E-state index in [9.17, 15) is 0 Å². The van der Waals surface area contributed by atoms with Crippen LogP contribution >= 0.6 is 24.0 Å². The number of guanidine groups is 1. The summed E-state index contributed by atoms with van der Waals surface area (Å²) < 4.78 is 15.9. The molecule has 0 atom stereocenters. The highest BCUT2D eigenvalue weighted by Crippen LogP contribution is 2.22. The van der Waals surface area contributed by atoms with Gasteiger partial charge in [0.2, 0.25) is 0 Å². The highest BCUT2D eigenvalue weighted by Gasteiger charge is 2.12. The number of halogens is 1. The van der Waals surface area contributed by atoms with Crippen molar-refractivity contribution in [3.05, 3.63) is 41.7 Å². The van der Waals surface area contributed by atoms with Crippen LogP contribution in [-0.2, 0) is 17.7 Å². The molecular weight excluding hydrogens is 459 g/mol. The number of nitrogens with one attached hydrogen (secondary N) is 2. The largest absolute Gasteiger partial charge is 0.469 e. The van der Waals surface area contributed by atoms with E-state index in [1.54, 1.807) is 13.4 Å². The third-order valence-electron chi connectivity index (χ3n) is 4.22. The van der Waals surface area contributed by atoms with Crippen LogP contribution in [0.15, 0.2) is 38.4 Å². The average Bonchev–Trinajstić information content (AvgIpc) is 3.33. The highest BCUT2D eigenvalue weighted by molar-refractivity contribution is 14.0. The number of hydrogen-bond donors (Lipinski definition) is 2. The van der Waals surface area contributed by atoms with Crippen LogP contribution in [-0.4, -0.2) is 37.9 Å². The van der Waals surface area contributed by atoms with E-state index >= 15 is 0 Å². The number of furan rings is 1. The fraction of sp³-hybridized carbons (Fsp3) is 0.579. The molecule has 27 heavy (non-hydrogen) atoms. The number of hydrogen-bond acceptors (Lipinski definition) is 5. The van der Waals surface area contributed by atoms with Gasteiger partial charge in [-0.1, -0.05) is 19.0 Å². The molecular formula is C19H31IN4O3. The predicted molar refractivity (Wildman–Crippen MR) is 117 cm³/mol. The van der Waals surface area contributed by atoms with Gasteiger partial charge < -0.3 is 24.3 Å². The quantitative estimate of drug-likeness (QED) is 0.216. The van der Waals surface area contributed by atoms with Gasteiger partial charge in [-0.15, -0.1) is 24.0 Å². The van der Waals surface area contributed by atoms with Crippen LogP contribution in [0.1, 0.15) is 49.8 Å². The van der Waals surface area contributed by atoms with Gasteiger partial charge in [0.1, 0.15) is 12.3 Å². The molecule has 0 bridgehead atoms. The third kappa shape index (κ3) is 8.34. The molecule has 0 aliphatic carbocycles. The lowest BCUT2D eigenvalue weighted by Gasteiger charge is -2.11.